The number of carbonyl (C=O) groups excluding carboxylic acids is 1. The van der Waals surface area contributed by atoms with Crippen molar-refractivity contribution in [2.45, 2.75) is 30.0 Å². The molecule has 6 heteroatoms. The zero-order chi connectivity index (χ0) is 19.1. The summed E-state index contributed by atoms with van der Waals surface area (Å²) in [7, 11) is 0. The second-order valence-corrected chi connectivity index (χ2v) is 8.13. The van der Waals surface area contributed by atoms with Crippen LogP contribution in [0, 0.1) is 0 Å². The maximum Gasteiger partial charge on any atom is 0.233 e. The molecule has 0 bridgehead atoms. The Balaban J connectivity index is 1.66. The molecule has 0 unspecified atom stereocenters. The first kappa shape index (κ1) is 20.1. The van der Waals surface area contributed by atoms with Crippen molar-refractivity contribution < 1.29 is 9.53 Å². The van der Waals surface area contributed by atoms with Gasteiger partial charge in [-0.05, 0) is 42.3 Å². The molecule has 2 aromatic carbocycles. The molecule has 1 heterocycles. The van der Waals surface area contributed by atoms with E-state index in [1.807, 2.05) is 55.5 Å². The smallest absolute Gasteiger partial charge is 0.233 e. The fraction of sp³-hybridized carbons (Fsp3) is 0.381. The van der Waals surface area contributed by atoms with Gasteiger partial charge in [0.1, 0.15) is 0 Å². The van der Waals surface area contributed by atoms with Crippen LogP contribution < -0.4 is 10.2 Å². The summed E-state index contributed by atoms with van der Waals surface area (Å²) in [5, 5.41) is 3.67. The number of carbonyl (C=O) groups is 1. The average Bonchev–Trinajstić information content (AvgIpc) is 2.71. The Kier molecular flexibility index (Phi) is 7.44. The minimum atomic E-state index is -0.113. The molecule has 1 aliphatic heterocycles. The molecule has 0 aromatic heterocycles. The first-order valence-corrected chi connectivity index (χ1v) is 10.5. The molecule has 4 nitrogen and oxygen atoms in total. The van der Waals surface area contributed by atoms with Gasteiger partial charge in [-0.1, -0.05) is 36.7 Å². The van der Waals surface area contributed by atoms with E-state index in [1.165, 1.54) is 0 Å². The lowest BCUT2D eigenvalue weighted by molar-refractivity contribution is -0.120. The summed E-state index contributed by atoms with van der Waals surface area (Å²) < 4.78 is 5.45. The van der Waals surface area contributed by atoms with Gasteiger partial charge in [0.05, 0.1) is 18.5 Å². The van der Waals surface area contributed by atoms with Crippen LogP contribution in [-0.4, -0.2) is 37.5 Å². The normalized spacial score (nSPS) is 15.4. The lowest BCUT2D eigenvalue weighted by Gasteiger charge is -2.31. The van der Waals surface area contributed by atoms with Crippen LogP contribution in [0.1, 0.15) is 18.9 Å². The van der Waals surface area contributed by atoms with Gasteiger partial charge in [-0.15, -0.1) is 11.8 Å². The van der Waals surface area contributed by atoms with Crippen molar-refractivity contribution in [1.82, 2.24) is 5.32 Å². The summed E-state index contributed by atoms with van der Waals surface area (Å²) in [6.45, 7) is 5.66. The van der Waals surface area contributed by atoms with E-state index >= 15 is 0 Å². The van der Waals surface area contributed by atoms with E-state index in [-0.39, 0.29) is 11.2 Å². The Morgan fingerprint density at radius 1 is 1.22 bits per heavy atom. The summed E-state index contributed by atoms with van der Waals surface area (Å²) in [6, 6.07) is 15.9. The Bertz CT molecular complexity index is 751. The van der Waals surface area contributed by atoms with Crippen LogP contribution in [0.15, 0.2) is 53.4 Å². The zero-order valence-electron chi connectivity index (χ0n) is 15.5. The Labute approximate surface area is 170 Å². The van der Waals surface area contributed by atoms with Crippen molar-refractivity contribution >= 4 is 35.0 Å². The van der Waals surface area contributed by atoms with Crippen LogP contribution >= 0.6 is 23.4 Å². The number of nitrogens with one attached hydrogen (secondary N) is 1. The van der Waals surface area contributed by atoms with Crippen LogP contribution in [0.3, 0.4) is 0 Å². The van der Waals surface area contributed by atoms with Gasteiger partial charge in [0.15, 0.2) is 0 Å². The summed E-state index contributed by atoms with van der Waals surface area (Å²) in [5.74, 6) is 0.0549. The third-order valence-electron chi connectivity index (χ3n) is 4.53. The van der Waals surface area contributed by atoms with Crippen molar-refractivity contribution in [3.8, 4) is 0 Å². The van der Waals surface area contributed by atoms with E-state index in [1.54, 1.807) is 11.8 Å². The van der Waals surface area contributed by atoms with E-state index in [4.69, 9.17) is 16.3 Å². The summed E-state index contributed by atoms with van der Waals surface area (Å²) in [5.41, 5.74) is 2.16. The van der Waals surface area contributed by atoms with Gasteiger partial charge in [-0.2, -0.15) is 0 Å². The van der Waals surface area contributed by atoms with Crippen LogP contribution in [0.2, 0.25) is 5.02 Å². The molecule has 0 radical (unpaired) electrons. The molecule has 144 valence electrons. The maximum absolute atomic E-state index is 12.7. The topological polar surface area (TPSA) is 41.6 Å². The van der Waals surface area contributed by atoms with Crippen molar-refractivity contribution in [1.29, 1.82) is 0 Å². The summed E-state index contributed by atoms with van der Waals surface area (Å²) in [6.07, 6.45) is 0.775. The van der Waals surface area contributed by atoms with Gasteiger partial charge < -0.3 is 15.0 Å². The first-order valence-electron chi connectivity index (χ1n) is 9.28. The standard InChI is InChI=1S/C21H25ClN2O2S/c1-2-20(27-18-6-4-3-5-7-18)21(25)23-15-16-14-17(22)8-9-19(16)24-10-12-26-13-11-24/h3-9,14,20H,2,10-13,15H2,1H3,(H,23,25)/t20-/m1/s1. The lowest BCUT2D eigenvalue weighted by Crippen LogP contribution is -2.37. The molecule has 1 fully saturated rings. The molecule has 1 atom stereocenters. The molecule has 0 spiro atoms. The van der Waals surface area contributed by atoms with Gasteiger partial charge >= 0.3 is 0 Å². The van der Waals surface area contributed by atoms with Gasteiger partial charge in [-0.25, -0.2) is 0 Å². The fourth-order valence-electron chi connectivity index (χ4n) is 3.09. The number of halogens is 1. The molecule has 27 heavy (non-hydrogen) atoms. The van der Waals surface area contributed by atoms with Crippen LogP contribution in [0.5, 0.6) is 0 Å². The van der Waals surface area contributed by atoms with Gasteiger partial charge in [0, 0.05) is 35.2 Å². The van der Waals surface area contributed by atoms with Crippen molar-refractivity contribution in [2.24, 2.45) is 0 Å². The van der Waals surface area contributed by atoms with Crippen LogP contribution in [-0.2, 0) is 16.1 Å². The largest absolute Gasteiger partial charge is 0.378 e. The molecule has 0 aliphatic carbocycles. The number of amides is 1. The molecule has 0 saturated carbocycles. The van der Waals surface area contributed by atoms with Gasteiger partial charge in [0.25, 0.3) is 0 Å². The number of ether oxygens (including phenoxy) is 1. The highest BCUT2D eigenvalue weighted by atomic mass is 35.5. The second kappa shape index (κ2) is 10.0. The number of hydrogen-bond donors (Lipinski definition) is 1. The quantitative estimate of drug-likeness (QED) is 0.696. The summed E-state index contributed by atoms with van der Waals surface area (Å²) >= 11 is 7.81. The average molecular weight is 405 g/mol. The van der Waals surface area contributed by atoms with Gasteiger partial charge in [-0.3, -0.25) is 4.79 Å². The van der Waals surface area contributed by atoms with Crippen molar-refractivity contribution in [2.75, 3.05) is 31.2 Å². The number of anilines is 1. The van der Waals surface area contributed by atoms with E-state index in [2.05, 4.69) is 10.2 Å². The number of thioether (sulfide) groups is 1. The first-order chi connectivity index (χ1) is 13.2. The van der Waals surface area contributed by atoms with Gasteiger partial charge in [0.2, 0.25) is 5.91 Å². The highest BCUT2D eigenvalue weighted by Crippen LogP contribution is 2.27. The van der Waals surface area contributed by atoms with E-state index in [0.717, 1.165) is 48.9 Å². The Morgan fingerprint density at radius 2 is 1.96 bits per heavy atom. The second-order valence-electron chi connectivity index (χ2n) is 6.42. The van der Waals surface area contributed by atoms with Crippen LogP contribution in [0.25, 0.3) is 0 Å². The number of hydrogen-bond acceptors (Lipinski definition) is 4. The fourth-order valence-corrected chi connectivity index (χ4v) is 4.28. The third kappa shape index (κ3) is 5.64. The van der Waals surface area contributed by atoms with Crippen LogP contribution in [0.4, 0.5) is 5.69 Å². The molecule has 1 N–H and O–H groups in total. The highest BCUT2D eigenvalue weighted by molar-refractivity contribution is 8.00. The predicted molar refractivity (Wildman–Crippen MR) is 113 cm³/mol. The molecule has 1 amide bonds. The predicted octanol–water partition coefficient (Wildman–Crippen LogP) is 4.36. The maximum atomic E-state index is 12.7. The molecule has 3 rings (SSSR count). The van der Waals surface area contributed by atoms with E-state index < -0.39 is 0 Å². The third-order valence-corrected chi connectivity index (χ3v) is 6.14. The number of nitrogens with zero attached hydrogens (tertiary/aromatic N) is 1. The molecular formula is C21H25ClN2O2S. The molecular weight excluding hydrogens is 380 g/mol. The minimum Gasteiger partial charge on any atom is -0.378 e. The minimum absolute atomic E-state index is 0.0549. The highest BCUT2D eigenvalue weighted by Gasteiger charge is 2.19. The van der Waals surface area contributed by atoms with Crippen molar-refractivity contribution in [3.63, 3.8) is 0 Å². The number of rotatable bonds is 7. The lowest BCUT2D eigenvalue weighted by atomic mass is 10.1. The summed E-state index contributed by atoms with van der Waals surface area (Å²) in [4.78, 5) is 16.1. The SMILES string of the molecule is CC[C@@H](Sc1ccccc1)C(=O)NCc1cc(Cl)ccc1N1CCOCC1. The molecule has 2 aromatic rings. The molecule has 1 saturated heterocycles. The Hall–Kier alpha value is -1.69. The molecule has 1 aliphatic rings. The van der Waals surface area contributed by atoms with Crippen molar-refractivity contribution in [3.05, 3.63) is 59.1 Å². The van der Waals surface area contributed by atoms with E-state index in [9.17, 15) is 4.79 Å². The van der Waals surface area contributed by atoms with E-state index in [0.29, 0.717) is 11.6 Å². The number of benzene rings is 2. The zero-order valence-corrected chi connectivity index (χ0v) is 17.1. The Morgan fingerprint density at radius 3 is 2.67 bits per heavy atom. The number of morpholine rings is 1. The monoisotopic (exact) mass is 404 g/mol.